The predicted molar refractivity (Wildman–Crippen MR) is 58.8 cm³/mol. The summed E-state index contributed by atoms with van der Waals surface area (Å²) in [6, 6.07) is 9.51. The maximum Gasteiger partial charge on any atom is 0.110 e. The summed E-state index contributed by atoms with van der Waals surface area (Å²) in [5.74, 6) is 0.241. The molecule has 0 saturated heterocycles. The van der Waals surface area contributed by atoms with Crippen LogP contribution in [0.15, 0.2) is 30.3 Å². The number of thiocarbonyl (C=S) groups is 1. The van der Waals surface area contributed by atoms with Crippen molar-refractivity contribution in [3.8, 4) is 0 Å². The first-order valence-corrected chi connectivity index (χ1v) is 4.80. The molecule has 0 fully saturated rings. The van der Waals surface area contributed by atoms with Crippen molar-refractivity contribution < 1.29 is 5.11 Å². The van der Waals surface area contributed by atoms with E-state index in [9.17, 15) is 5.11 Å². The molecule has 0 heterocycles. The molecule has 70 valence electrons. The molecular formula is C11H14OS. The minimum Gasteiger partial charge on any atom is -0.383 e. The molecule has 1 rings (SSSR count). The Kier molecular flexibility index (Phi) is 3.58. The molecule has 13 heavy (non-hydrogen) atoms. The van der Waals surface area contributed by atoms with Crippen molar-refractivity contribution in [1.82, 2.24) is 0 Å². The second-order valence-corrected chi connectivity index (χ2v) is 3.84. The summed E-state index contributed by atoms with van der Waals surface area (Å²) in [5.41, 5.74) is 0.876. The van der Waals surface area contributed by atoms with E-state index < -0.39 is 6.10 Å². The highest BCUT2D eigenvalue weighted by Gasteiger charge is 2.15. The van der Waals surface area contributed by atoms with Crippen LogP contribution in [0.2, 0.25) is 0 Å². The minimum atomic E-state index is -0.601. The average molecular weight is 194 g/mol. The lowest BCUT2D eigenvalue weighted by molar-refractivity contribution is 0.245. The Morgan fingerprint density at radius 2 is 1.77 bits per heavy atom. The number of hydrogen-bond acceptors (Lipinski definition) is 2. The van der Waals surface area contributed by atoms with Gasteiger partial charge >= 0.3 is 0 Å². The number of benzene rings is 1. The second-order valence-electron chi connectivity index (χ2n) is 3.37. The largest absolute Gasteiger partial charge is 0.383 e. The third kappa shape index (κ3) is 2.61. The van der Waals surface area contributed by atoms with E-state index in [4.69, 9.17) is 12.2 Å². The molecular weight excluding hydrogens is 180 g/mol. The van der Waals surface area contributed by atoms with Crippen LogP contribution >= 0.6 is 12.2 Å². The monoisotopic (exact) mass is 194 g/mol. The molecule has 0 bridgehead atoms. The van der Waals surface area contributed by atoms with Gasteiger partial charge in [0, 0.05) is 4.86 Å². The number of hydrogen-bond donors (Lipinski definition) is 1. The molecule has 0 aliphatic carbocycles. The van der Waals surface area contributed by atoms with Crippen molar-refractivity contribution >= 4 is 17.1 Å². The topological polar surface area (TPSA) is 20.2 Å². The second kappa shape index (κ2) is 4.49. The number of aliphatic hydroxyl groups excluding tert-OH is 1. The molecule has 2 heteroatoms. The summed E-state index contributed by atoms with van der Waals surface area (Å²) in [6.07, 6.45) is -0.601. The van der Waals surface area contributed by atoms with E-state index in [0.29, 0.717) is 4.86 Å². The van der Waals surface area contributed by atoms with Crippen LogP contribution in [0, 0.1) is 5.92 Å². The average Bonchev–Trinajstić information content (AvgIpc) is 2.17. The van der Waals surface area contributed by atoms with Gasteiger partial charge in [0.1, 0.15) is 6.10 Å². The Balaban J connectivity index is 2.80. The predicted octanol–water partition coefficient (Wildman–Crippen LogP) is 2.75. The molecule has 0 radical (unpaired) electrons. The fourth-order valence-electron chi connectivity index (χ4n) is 1.12. The van der Waals surface area contributed by atoms with Crippen molar-refractivity contribution in [2.24, 2.45) is 5.92 Å². The van der Waals surface area contributed by atoms with Crippen LogP contribution < -0.4 is 0 Å². The molecule has 1 atom stereocenters. The highest BCUT2D eigenvalue weighted by atomic mass is 32.1. The zero-order chi connectivity index (χ0) is 9.84. The third-order valence-electron chi connectivity index (χ3n) is 1.95. The van der Waals surface area contributed by atoms with Gasteiger partial charge in [0.2, 0.25) is 0 Å². The lowest BCUT2D eigenvalue weighted by Gasteiger charge is -2.14. The van der Waals surface area contributed by atoms with E-state index in [2.05, 4.69) is 0 Å². The van der Waals surface area contributed by atoms with Gasteiger partial charge in [-0.15, -0.1) is 0 Å². The number of aliphatic hydroxyl groups is 1. The van der Waals surface area contributed by atoms with Crippen molar-refractivity contribution in [2.45, 2.75) is 20.0 Å². The van der Waals surface area contributed by atoms with Crippen LogP contribution in [0.25, 0.3) is 0 Å². The van der Waals surface area contributed by atoms with Gasteiger partial charge in [-0.25, -0.2) is 0 Å². The zero-order valence-electron chi connectivity index (χ0n) is 7.90. The first-order valence-electron chi connectivity index (χ1n) is 4.39. The third-order valence-corrected chi connectivity index (χ3v) is 2.65. The van der Waals surface area contributed by atoms with Crippen LogP contribution in [-0.4, -0.2) is 9.97 Å². The normalized spacial score (nSPS) is 12.9. The SMILES string of the molecule is CC(C)C(=S)C(O)c1ccccc1. The first kappa shape index (κ1) is 10.4. The Morgan fingerprint density at radius 1 is 1.23 bits per heavy atom. The quantitative estimate of drug-likeness (QED) is 0.747. The van der Waals surface area contributed by atoms with Crippen LogP contribution in [0.3, 0.4) is 0 Å². The van der Waals surface area contributed by atoms with Crippen LogP contribution in [0.4, 0.5) is 0 Å². The van der Waals surface area contributed by atoms with E-state index in [1.165, 1.54) is 0 Å². The molecule has 1 N–H and O–H groups in total. The van der Waals surface area contributed by atoms with Gasteiger partial charge in [0.05, 0.1) is 0 Å². The Morgan fingerprint density at radius 3 is 2.23 bits per heavy atom. The van der Waals surface area contributed by atoms with E-state index in [1.54, 1.807) is 0 Å². The maximum absolute atomic E-state index is 9.82. The highest BCUT2D eigenvalue weighted by molar-refractivity contribution is 7.80. The maximum atomic E-state index is 9.82. The van der Waals surface area contributed by atoms with Gasteiger partial charge in [0.15, 0.2) is 0 Å². The smallest absolute Gasteiger partial charge is 0.110 e. The summed E-state index contributed by atoms with van der Waals surface area (Å²) in [5, 5.41) is 9.82. The van der Waals surface area contributed by atoms with Crippen LogP contribution in [-0.2, 0) is 0 Å². The van der Waals surface area contributed by atoms with Gasteiger partial charge in [-0.1, -0.05) is 56.4 Å². The van der Waals surface area contributed by atoms with Gasteiger partial charge in [-0.2, -0.15) is 0 Å². The summed E-state index contributed by atoms with van der Waals surface area (Å²) < 4.78 is 0. The molecule has 1 nitrogen and oxygen atoms in total. The summed E-state index contributed by atoms with van der Waals surface area (Å²) in [7, 11) is 0. The Bertz CT molecular complexity index is 279. The zero-order valence-corrected chi connectivity index (χ0v) is 8.71. The first-order chi connectivity index (χ1) is 6.13. The molecule has 0 spiro atoms. The van der Waals surface area contributed by atoms with Crippen LogP contribution in [0.1, 0.15) is 25.5 Å². The molecule has 1 unspecified atom stereocenters. The summed E-state index contributed by atoms with van der Waals surface area (Å²) in [4.78, 5) is 0.700. The van der Waals surface area contributed by atoms with Crippen molar-refractivity contribution in [3.63, 3.8) is 0 Å². The molecule has 0 amide bonds. The fourth-order valence-corrected chi connectivity index (χ4v) is 1.25. The van der Waals surface area contributed by atoms with Crippen LogP contribution in [0.5, 0.6) is 0 Å². The highest BCUT2D eigenvalue weighted by Crippen LogP contribution is 2.18. The Labute approximate surface area is 84.4 Å². The summed E-state index contributed by atoms with van der Waals surface area (Å²) >= 11 is 5.13. The molecule has 1 aromatic carbocycles. The summed E-state index contributed by atoms with van der Waals surface area (Å²) in [6.45, 7) is 3.99. The van der Waals surface area contributed by atoms with E-state index in [1.807, 2.05) is 44.2 Å². The van der Waals surface area contributed by atoms with Gasteiger partial charge in [-0.3, -0.25) is 0 Å². The molecule has 0 saturated carbocycles. The van der Waals surface area contributed by atoms with Crippen molar-refractivity contribution in [1.29, 1.82) is 0 Å². The lowest BCUT2D eigenvalue weighted by atomic mass is 9.99. The molecule has 0 aliphatic rings. The minimum absolute atomic E-state index is 0.241. The van der Waals surface area contributed by atoms with Gasteiger partial charge in [0.25, 0.3) is 0 Å². The van der Waals surface area contributed by atoms with E-state index >= 15 is 0 Å². The lowest BCUT2D eigenvalue weighted by Crippen LogP contribution is -2.15. The molecule has 0 aromatic heterocycles. The molecule has 0 aliphatic heterocycles. The fraction of sp³-hybridized carbons (Fsp3) is 0.364. The van der Waals surface area contributed by atoms with Gasteiger partial charge in [-0.05, 0) is 11.5 Å². The van der Waals surface area contributed by atoms with Crippen molar-refractivity contribution in [3.05, 3.63) is 35.9 Å². The van der Waals surface area contributed by atoms with Crippen molar-refractivity contribution in [2.75, 3.05) is 0 Å². The van der Waals surface area contributed by atoms with E-state index in [-0.39, 0.29) is 5.92 Å². The molecule has 1 aromatic rings. The standard InChI is InChI=1S/C11H14OS/c1-8(2)11(13)10(12)9-6-4-3-5-7-9/h3-8,10,12H,1-2H3. The van der Waals surface area contributed by atoms with Gasteiger partial charge < -0.3 is 5.11 Å². The number of rotatable bonds is 3. The van der Waals surface area contributed by atoms with E-state index in [0.717, 1.165) is 5.56 Å². The Hall–Kier alpha value is -0.730.